The summed E-state index contributed by atoms with van der Waals surface area (Å²) in [6, 6.07) is 8.79. The Morgan fingerprint density at radius 1 is 1.12 bits per heavy atom. The zero-order chi connectivity index (χ0) is 18.2. The monoisotopic (exact) mass is 362 g/mol. The van der Waals surface area contributed by atoms with Gasteiger partial charge in [-0.3, -0.25) is 4.55 Å². The number of benzene rings is 2. The van der Waals surface area contributed by atoms with Gasteiger partial charge in [0.1, 0.15) is 5.75 Å². The van der Waals surface area contributed by atoms with Crippen molar-refractivity contribution in [3.8, 4) is 28.6 Å². The molecule has 128 valence electrons. The molecule has 25 heavy (non-hydrogen) atoms. The van der Waals surface area contributed by atoms with Crippen molar-refractivity contribution in [2.24, 2.45) is 0 Å². The Balaban J connectivity index is 2.05. The number of hydrogen-bond acceptors (Lipinski definition) is 7. The lowest BCUT2D eigenvalue weighted by atomic mass is 10.1. The highest BCUT2D eigenvalue weighted by atomic mass is 32.2. The van der Waals surface area contributed by atoms with E-state index in [0.29, 0.717) is 0 Å². The quantitative estimate of drug-likeness (QED) is 0.592. The van der Waals surface area contributed by atoms with Gasteiger partial charge in [-0.15, -0.1) is 0 Å². The smallest absolute Gasteiger partial charge is 0.335 e. The van der Waals surface area contributed by atoms with Crippen molar-refractivity contribution in [3.05, 3.63) is 48.0 Å². The Kier molecular flexibility index (Phi) is 3.99. The van der Waals surface area contributed by atoms with E-state index in [2.05, 4.69) is 10.1 Å². The maximum atomic E-state index is 11.2. The fourth-order valence-corrected chi connectivity index (χ4v) is 2.61. The fourth-order valence-electron chi connectivity index (χ4n) is 2.09. The minimum Gasteiger partial charge on any atom is -0.507 e. The Morgan fingerprint density at radius 3 is 2.56 bits per heavy atom. The number of phenols is 1. The van der Waals surface area contributed by atoms with Gasteiger partial charge in [0.2, 0.25) is 5.82 Å². The van der Waals surface area contributed by atoms with E-state index in [1.807, 2.05) is 0 Å². The van der Waals surface area contributed by atoms with Crippen molar-refractivity contribution in [2.45, 2.75) is 4.90 Å². The molecule has 0 fully saturated rings. The molecule has 0 bridgehead atoms. The Bertz CT molecular complexity index is 1070. The SMILES string of the molecule is O=C(O)c1ccc(O)c(-c2noc(-c3cccc(S(=O)(=O)O)c3)n2)c1. The molecule has 3 aromatic rings. The number of aromatic nitrogens is 2. The summed E-state index contributed by atoms with van der Waals surface area (Å²) in [6.45, 7) is 0. The lowest BCUT2D eigenvalue weighted by Crippen LogP contribution is -1.97. The molecule has 1 heterocycles. The van der Waals surface area contributed by atoms with Gasteiger partial charge >= 0.3 is 5.97 Å². The van der Waals surface area contributed by atoms with Gasteiger partial charge in [-0.1, -0.05) is 11.2 Å². The maximum absolute atomic E-state index is 11.2. The van der Waals surface area contributed by atoms with E-state index < -0.39 is 16.1 Å². The number of carboxylic acid groups (broad SMARTS) is 1. The van der Waals surface area contributed by atoms with E-state index in [0.717, 1.165) is 6.07 Å². The summed E-state index contributed by atoms with van der Waals surface area (Å²) in [5.74, 6) is -1.58. The van der Waals surface area contributed by atoms with Crippen LogP contribution in [0.5, 0.6) is 5.75 Å². The molecule has 0 atom stereocenters. The zero-order valence-electron chi connectivity index (χ0n) is 12.3. The normalized spacial score (nSPS) is 11.4. The summed E-state index contributed by atoms with van der Waals surface area (Å²) in [4.78, 5) is 14.7. The zero-order valence-corrected chi connectivity index (χ0v) is 13.1. The molecule has 0 aliphatic carbocycles. The van der Waals surface area contributed by atoms with E-state index >= 15 is 0 Å². The molecule has 0 saturated heterocycles. The number of nitrogens with zero attached hydrogens (tertiary/aromatic N) is 2. The highest BCUT2D eigenvalue weighted by Gasteiger charge is 2.17. The van der Waals surface area contributed by atoms with Crippen LogP contribution in [-0.4, -0.2) is 39.3 Å². The second-order valence-corrected chi connectivity index (χ2v) is 6.38. The molecule has 1 aromatic heterocycles. The van der Waals surface area contributed by atoms with Crippen LogP contribution >= 0.6 is 0 Å². The molecular formula is C15H10N2O7S. The van der Waals surface area contributed by atoms with Crippen molar-refractivity contribution < 1.29 is 32.5 Å². The van der Waals surface area contributed by atoms with Crippen molar-refractivity contribution >= 4 is 16.1 Å². The van der Waals surface area contributed by atoms with Crippen molar-refractivity contribution in [1.29, 1.82) is 0 Å². The second kappa shape index (κ2) is 6.00. The summed E-state index contributed by atoms with van der Waals surface area (Å²) in [5.41, 5.74) is 0.191. The lowest BCUT2D eigenvalue weighted by Gasteiger charge is -2.01. The van der Waals surface area contributed by atoms with E-state index in [9.17, 15) is 18.3 Å². The third kappa shape index (κ3) is 3.34. The standard InChI is InChI=1S/C15H10N2O7S/c18-12-5-4-9(15(19)20)7-11(12)13-16-14(24-17-13)8-2-1-3-10(6-8)25(21,22)23/h1-7,18H,(H,19,20)(H,21,22,23). The maximum Gasteiger partial charge on any atom is 0.335 e. The van der Waals surface area contributed by atoms with Gasteiger partial charge in [0.05, 0.1) is 16.0 Å². The van der Waals surface area contributed by atoms with Crippen LogP contribution in [0.2, 0.25) is 0 Å². The highest BCUT2D eigenvalue weighted by Crippen LogP contribution is 2.30. The minimum absolute atomic E-state index is 0.0424. The van der Waals surface area contributed by atoms with E-state index in [1.54, 1.807) is 0 Å². The number of aromatic carboxylic acids is 1. The number of carboxylic acids is 1. The van der Waals surface area contributed by atoms with Crippen LogP contribution in [0.1, 0.15) is 10.4 Å². The average Bonchev–Trinajstić information content (AvgIpc) is 3.04. The molecule has 3 N–H and O–H groups in total. The van der Waals surface area contributed by atoms with Gasteiger partial charge in [0.25, 0.3) is 16.0 Å². The van der Waals surface area contributed by atoms with Gasteiger partial charge in [-0.25, -0.2) is 4.79 Å². The van der Waals surface area contributed by atoms with Gasteiger partial charge in [-0.05, 0) is 36.4 Å². The molecule has 3 rings (SSSR count). The number of phenolic OH excluding ortho intramolecular Hbond substituents is 1. The van der Waals surface area contributed by atoms with E-state index in [1.165, 1.54) is 36.4 Å². The Morgan fingerprint density at radius 2 is 1.88 bits per heavy atom. The Labute approximate surface area is 140 Å². The van der Waals surface area contributed by atoms with E-state index in [4.69, 9.17) is 14.2 Å². The number of carbonyl (C=O) groups is 1. The van der Waals surface area contributed by atoms with Gasteiger partial charge < -0.3 is 14.7 Å². The van der Waals surface area contributed by atoms with Crippen LogP contribution in [0, 0.1) is 0 Å². The molecule has 10 heteroatoms. The number of aromatic hydroxyl groups is 1. The molecule has 0 radical (unpaired) electrons. The van der Waals surface area contributed by atoms with Crippen molar-refractivity contribution in [3.63, 3.8) is 0 Å². The fraction of sp³-hybridized carbons (Fsp3) is 0. The summed E-state index contributed by atoms with van der Waals surface area (Å²) in [7, 11) is -4.40. The lowest BCUT2D eigenvalue weighted by molar-refractivity contribution is 0.0697. The van der Waals surface area contributed by atoms with E-state index in [-0.39, 0.29) is 39.1 Å². The van der Waals surface area contributed by atoms with Crippen molar-refractivity contribution in [2.75, 3.05) is 0 Å². The van der Waals surface area contributed by atoms with Crippen LogP contribution in [0.4, 0.5) is 0 Å². The number of hydrogen-bond donors (Lipinski definition) is 3. The van der Waals surface area contributed by atoms with Gasteiger partial charge in [0.15, 0.2) is 0 Å². The summed E-state index contributed by atoms with van der Waals surface area (Å²) < 4.78 is 36.5. The predicted octanol–water partition coefficient (Wildman–Crippen LogP) is 2.05. The van der Waals surface area contributed by atoms with Crippen LogP contribution in [0.15, 0.2) is 51.9 Å². The van der Waals surface area contributed by atoms with Crippen LogP contribution in [0.25, 0.3) is 22.8 Å². The highest BCUT2D eigenvalue weighted by molar-refractivity contribution is 7.85. The largest absolute Gasteiger partial charge is 0.507 e. The van der Waals surface area contributed by atoms with Gasteiger partial charge in [0, 0.05) is 5.56 Å². The van der Waals surface area contributed by atoms with Crippen LogP contribution < -0.4 is 0 Å². The Hall–Kier alpha value is -3.24. The first kappa shape index (κ1) is 16.6. The van der Waals surface area contributed by atoms with Crippen LogP contribution in [0.3, 0.4) is 0 Å². The molecule has 0 aliphatic heterocycles. The summed E-state index contributed by atoms with van der Waals surface area (Å²) >= 11 is 0. The summed E-state index contributed by atoms with van der Waals surface area (Å²) in [5, 5.41) is 22.5. The first-order valence-electron chi connectivity index (χ1n) is 6.74. The topological polar surface area (TPSA) is 151 Å². The molecular weight excluding hydrogens is 352 g/mol. The molecule has 0 amide bonds. The first-order chi connectivity index (χ1) is 11.8. The summed E-state index contributed by atoms with van der Waals surface area (Å²) in [6.07, 6.45) is 0. The number of rotatable bonds is 4. The molecule has 0 saturated carbocycles. The second-order valence-electron chi connectivity index (χ2n) is 4.96. The van der Waals surface area contributed by atoms with Crippen molar-refractivity contribution in [1.82, 2.24) is 10.1 Å². The molecule has 0 unspecified atom stereocenters. The molecule has 0 aliphatic rings. The molecule has 0 spiro atoms. The molecule has 2 aromatic carbocycles. The third-order valence-corrected chi connectivity index (χ3v) is 4.14. The first-order valence-corrected chi connectivity index (χ1v) is 8.18. The molecule has 9 nitrogen and oxygen atoms in total. The minimum atomic E-state index is -4.40. The third-order valence-electron chi connectivity index (χ3n) is 3.29. The van der Waals surface area contributed by atoms with Gasteiger partial charge in [-0.2, -0.15) is 13.4 Å². The predicted molar refractivity (Wildman–Crippen MR) is 83.6 cm³/mol. The van der Waals surface area contributed by atoms with Crippen LogP contribution in [-0.2, 0) is 10.1 Å². The average molecular weight is 362 g/mol.